The fraction of sp³-hybridized carbons (Fsp3) is 0.409. The van der Waals surface area contributed by atoms with Crippen molar-refractivity contribution < 1.29 is 19.1 Å². The number of carbonyl (C=O) groups excluding carboxylic acids is 2. The van der Waals surface area contributed by atoms with Crippen molar-refractivity contribution in [2.45, 2.75) is 26.0 Å². The highest BCUT2D eigenvalue weighted by Crippen LogP contribution is 2.18. The summed E-state index contributed by atoms with van der Waals surface area (Å²) in [4.78, 5) is 32.5. The molecular formula is C22H27N3O4. The van der Waals surface area contributed by atoms with Crippen LogP contribution in [0.2, 0.25) is 0 Å². The maximum atomic E-state index is 12.9. The number of rotatable bonds is 7. The van der Waals surface area contributed by atoms with Crippen molar-refractivity contribution in [2.24, 2.45) is 0 Å². The molecule has 7 heteroatoms. The smallest absolute Gasteiger partial charge is 0.306 e. The van der Waals surface area contributed by atoms with Crippen molar-refractivity contribution in [1.29, 1.82) is 0 Å². The third kappa shape index (κ3) is 5.77. The molecule has 0 N–H and O–H groups in total. The zero-order valence-electron chi connectivity index (χ0n) is 16.9. The van der Waals surface area contributed by atoms with E-state index in [4.69, 9.17) is 9.47 Å². The zero-order chi connectivity index (χ0) is 20.6. The standard InChI is InChI=1S/C22H27N3O4/c1-17-15-24(12-10-21(26)28-2)13-14-25(17)22(27)18-6-8-20(9-7-18)29-16-19-5-3-4-11-23-19/h3-9,11,17H,10,12-16H2,1-2H3/t17-/m0/s1. The molecule has 0 aliphatic carbocycles. The van der Waals surface area contributed by atoms with Gasteiger partial charge in [-0.05, 0) is 43.3 Å². The molecule has 0 bridgehead atoms. The van der Waals surface area contributed by atoms with Crippen LogP contribution in [-0.2, 0) is 16.1 Å². The van der Waals surface area contributed by atoms with E-state index in [0.29, 0.717) is 37.4 Å². The number of amides is 1. The Morgan fingerprint density at radius 2 is 1.93 bits per heavy atom. The predicted molar refractivity (Wildman–Crippen MR) is 109 cm³/mol. The molecule has 0 radical (unpaired) electrons. The van der Waals surface area contributed by atoms with Crippen molar-refractivity contribution in [3.63, 3.8) is 0 Å². The molecule has 1 saturated heterocycles. The summed E-state index contributed by atoms with van der Waals surface area (Å²) in [6.07, 6.45) is 2.11. The molecule has 2 heterocycles. The Balaban J connectivity index is 1.51. The predicted octanol–water partition coefficient (Wildman–Crippen LogP) is 2.37. The van der Waals surface area contributed by atoms with Gasteiger partial charge in [0.25, 0.3) is 5.91 Å². The molecule has 1 aromatic heterocycles. The van der Waals surface area contributed by atoms with Crippen LogP contribution in [0.5, 0.6) is 5.75 Å². The van der Waals surface area contributed by atoms with E-state index in [9.17, 15) is 9.59 Å². The van der Waals surface area contributed by atoms with Gasteiger partial charge in [-0.25, -0.2) is 0 Å². The van der Waals surface area contributed by atoms with Crippen LogP contribution in [0.25, 0.3) is 0 Å². The van der Waals surface area contributed by atoms with Gasteiger partial charge in [0.1, 0.15) is 12.4 Å². The zero-order valence-corrected chi connectivity index (χ0v) is 16.9. The van der Waals surface area contributed by atoms with Gasteiger partial charge in [-0.3, -0.25) is 19.5 Å². The Hall–Kier alpha value is -2.93. The van der Waals surface area contributed by atoms with Gasteiger partial charge < -0.3 is 14.4 Å². The molecule has 1 aliphatic heterocycles. The van der Waals surface area contributed by atoms with E-state index in [-0.39, 0.29) is 17.9 Å². The number of hydrogen-bond donors (Lipinski definition) is 0. The first-order valence-corrected chi connectivity index (χ1v) is 9.79. The lowest BCUT2D eigenvalue weighted by atomic mass is 10.1. The lowest BCUT2D eigenvalue weighted by Crippen LogP contribution is -2.54. The van der Waals surface area contributed by atoms with Gasteiger partial charge >= 0.3 is 5.97 Å². The number of aromatic nitrogens is 1. The second-order valence-corrected chi connectivity index (χ2v) is 7.11. The van der Waals surface area contributed by atoms with Crippen LogP contribution in [0, 0.1) is 0 Å². The van der Waals surface area contributed by atoms with Crippen molar-refractivity contribution in [2.75, 3.05) is 33.3 Å². The van der Waals surface area contributed by atoms with E-state index in [2.05, 4.69) is 9.88 Å². The minimum absolute atomic E-state index is 0.0152. The first-order chi connectivity index (χ1) is 14.1. The van der Waals surface area contributed by atoms with Crippen molar-refractivity contribution in [3.05, 3.63) is 59.9 Å². The Bertz CT molecular complexity index is 811. The van der Waals surface area contributed by atoms with E-state index >= 15 is 0 Å². The van der Waals surface area contributed by atoms with Crippen LogP contribution >= 0.6 is 0 Å². The highest BCUT2D eigenvalue weighted by atomic mass is 16.5. The number of esters is 1. The van der Waals surface area contributed by atoms with Gasteiger partial charge in [-0.1, -0.05) is 6.07 Å². The molecule has 154 valence electrons. The van der Waals surface area contributed by atoms with E-state index < -0.39 is 0 Å². The maximum Gasteiger partial charge on any atom is 0.306 e. The summed E-state index contributed by atoms with van der Waals surface area (Å²) < 4.78 is 10.4. The Kier molecular flexibility index (Phi) is 7.19. The van der Waals surface area contributed by atoms with Gasteiger partial charge in [0.2, 0.25) is 0 Å². The summed E-state index contributed by atoms with van der Waals surface area (Å²) >= 11 is 0. The highest BCUT2D eigenvalue weighted by molar-refractivity contribution is 5.94. The van der Waals surface area contributed by atoms with Crippen LogP contribution in [-0.4, -0.2) is 66.0 Å². The first-order valence-electron chi connectivity index (χ1n) is 9.79. The molecule has 1 fully saturated rings. The van der Waals surface area contributed by atoms with Gasteiger partial charge in [0, 0.05) is 44.0 Å². The minimum atomic E-state index is -0.207. The molecule has 0 saturated carbocycles. The largest absolute Gasteiger partial charge is 0.487 e. The SMILES string of the molecule is COC(=O)CCN1CCN(C(=O)c2ccc(OCc3ccccn3)cc2)[C@@H](C)C1. The quantitative estimate of drug-likeness (QED) is 0.668. The van der Waals surface area contributed by atoms with Gasteiger partial charge in [0.05, 0.1) is 19.2 Å². The molecule has 0 unspecified atom stereocenters. The Labute approximate surface area is 171 Å². The highest BCUT2D eigenvalue weighted by Gasteiger charge is 2.28. The van der Waals surface area contributed by atoms with Crippen LogP contribution in [0.4, 0.5) is 0 Å². The number of piperazine rings is 1. The molecule has 0 spiro atoms. The molecule has 1 aliphatic rings. The average molecular weight is 397 g/mol. The monoisotopic (exact) mass is 397 g/mol. The van der Waals surface area contributed by atoms with Crippen LogP contribution in [0.3, 0.4) is 0 Å². The van der Waals surface area contributed by atoms with E-state index in [1.165, 1.54) is 7.11 Å². The molecule has 2 aromatic rings. The molecule has 7 nitrogen and oxygen atoms in total. The second-order valence-electron chi connectivity index (χ2n) is 7.11. The van der Waals surface area contributed by atoms with Crippen LogP contribution in [0.1, 0.15) is 29.4 Å². The number of nitrogens with zero attached hydrogens (tertiary/aromatic N) is 3. The molecule has 3 rings (SSSR count). The number of pyridine rings is 1. The van der Waals surface area contributed by atoms with Crippen molar-refractivity contribution in [3.8, 4) is 5.75 Å². The van der Waals surface area contributed by atoms with E-state index in [1.807, 2.05) is 42.2 Å². The first kappa shape index (κ1) is 20.8. The summed E-state index contributed by atoms with van der Waals surface area (Å²) in [6.45, 7) is 5.21. The fourth-order valence-electron chi connectivity index (χ4n) is 3.39. The van der Waals surface area contributed by atoms with Gasteiger partial charge in [-0.15, -0.1) is 0 Å². The number of hydrogen-bond acceptors (Lipinski definition) is 6. The summed E-state index contributed by atoms with van der Waals surface area (Å²) in [5.41, 5.74) is 1.50. The van der Waals surface area contributed by atoms with Gasteiger partial charge in [-0.2, -0.15) is 0 Å². The molecular weight excluding hydrogens is 370 g/mol. The Morgan fingerprint density at radius 1 is 1.14 bits per heavy atom. The van der Waals surface area contributed by atoms with Crippen molar-refractivity contribution in [1.82, 2.24) is 14.8 Å². The lowest BCUT2D eigenvalue weighted by molar-refractivity contribution is -0.141. The van der Waals surface area contributed by atoms with Crippen LogP contribution < -0.4 is 4.74 Å². The topological polar surface area (TPSA) is 72.0 Å². The summed E-state index contributed by atoms with van der Waals surface area (Å²) in [7, 11) is 1.40. The normalized spacial score (nSPS) is 17.0. The molecule has 1 aromatic carbocycles. The molecule has 1 amide bonds. The average Bonchev–Trinajstić information content (AvgIpc) is 2.76. The molecule has 29 heavy (non-hydrogen) atoms. The third-order valence-electron chi connectivity index (χ3n) is 5.05. The molecule has 1 atom stereocenters. The third-order valence-corrected chi connectivity index (χ3v) is 5.05. The summed E-state index contributed by atoms with van der Waals surface area (Å²) in [5.74, 6) is 0.510. The van der Waals surface area contributed by atoms with Crippen LogP contribution in [0.15, 0.2) is 48.7 Å². The van der Waals surface area contributed by atoms with E-state index in [1.54, 1.807) is 18.3 Å². The number of benzene rings is 1. The fourth-order valence-corrected chi connectivity index (χ4v) is 3.39. The number of methoxy groups -OCH3 is 1. The van der Waals surface area contributed by atoms with E-state index in [0.717, 1.165) is 18.8 Å². The second kappa shape index (κ2) is 10.0. The summed E-state index contributed by atoms with van der Waals surface area (Å²) in [5, 5.41) is 0. The van der Waals surface area contributed by atoms with Crippen molar-refractivity contribution >= 4 is 11.9 Å². The maximum absolute atomic E-state index is 12.9. The number of ether oxygens (including phenoxy) is 2. The Morgan fingerprint density at radius 3 is 2.59 bits per heavy atom. The number of carbonyl (C=O) groups is 2. The summed E-state index contributed by atoms with van der Waals surface area (Å²) in [6, 6.07) is 13.0. The van der Waals surface area contributed by atoms with Gasteiger partial charge in [0.15, 0.2) is 0 Å². The minimum Gasteiger partial charge on any atom is -0.487 e. The lowest BCUT2D eigenvalue weighted by Gasteiger charge is -2.39.